The van der Waals surface area contributed by atoms with Gasteiger partial charge in [-0.25, -0.2) is 18.1 Å². The number of aromatic nitrogens is 1. The molecule has 1 saturated heterocycles. The Labute approximate surface area is 289 Å². The number of ether oxygens (including phenoxy) is 1. The highest BCUT2D eigenvalue weighted by Crippen LogP contribution is 2.46. The second-order valence-electron chi connectivity index (χ2n) is 12.8. The molecule has 0 saturated carbocycles. The van der Waals surface area contributed by atoms with Crippen molar-refractivity contribution in [3.63, 3.8) is 0 Å². The lowest BCUT2D eigenvalue weighted by Gasteiger charge is -2.42. The molecular formula is C33H34F2N5O10P. The molecule has 51 heavy (non-hydrogen) atoms. The topological polar surface area (TPSA) is 189 Å². The number of nitrogens with zero attached hydrogens (tertiary/aromatic N) is 4. The minimum absolute atomic E-state index is 0.0615. The van der Waals surface area contributed by atoms with E-state index in [0.29, 0.717) is 31.0 Å². The summed E-state index contributed by atoms with van der Waals surface area (Å²) in [5.41, 5.74) is -2.09. The highest BCUT2D eigenvalue weighted by molar-refractivity contribution is 7.46. The highest BCUT2D eigenvalue weighted by atomic mass is 31.2. The number of nitrogens with one attached hydrogen (secondary N) is 1. The number of hydrogen-bond donors (Lipinski definition) is 3. The SMILES string of the molecule is CC1=NO[C@@]2(CC[C@H](C)N3C[C@H]2n2cc(C(=O)NCc4ccc(F)cc4F)c(=O)c(OC(=O)N(C)Cc4ccccc4OP(=O)(O)O)c2C3=O)C1. The molecular weight excluding hydrogens is 695 g/mol. The Hall–Kier alpha value is -5.12. The number of benzene rings is 2. The van der Waals surface area contributed by atoms with Gasteiger partial charge in [-0.15, -0.1) is 0 Å². The van der Waals surface area contributed by atoms with Gasteiger partial charge in [-0.2, -0.15) is 0 Å². The van der Waals surface area contributed by atoms with Crippen LogP contribution >= 0.6 is 7.82 Å². The molecule has 18 heteroatoms. The molecule has 270 valence electrons. The summed E-state index contributed by atoms with van der Waals surface area (Å²) in [6, 6.07) is 7.56. The van der Waals surface area contributed by atoms with Crippen LogP contribution in [0.2, 0.25) is 0 Å². The monoisotopic (exact) mass is 729 g/mol. The van der Waals surface area contributed by atoms with Gasteiger partial charge in [0.15, 0.2) is 11.3 Å². The molecule has 0 unspecified atom stereocenters. The van der Waals surface area contributed by atoms with E-state index in [1.807, 2.05) is 6.92 Å². The van der Waals surface area contributed by atoms with Crippen molar-refractivity contribution in [1.29, 1.82) is 0 Å². The number of oxime groups is 1. The number of pyridine rings is 1. The van der Waals surface area contributed by atoms with Crippen LogP contribution in [0, 0.1) is 11.6 Å². The number of carbonyl (C=O) groups excluding carboxylic acids is 3. The van der Waals surface area contributed by atoms with Crippen molar-refractivity contribution in [2.75, 3.05) is 13.6 Å². The Morgan fingerprint density at radius 1 is 1.18 bits per heavy atom. The zero-order valence-corrected chi connectivity index (χ0v) is 28.6. The normalized spacial score (nSPS) is 21.0. The maximum atomic E-state index is 14.4. The largest absolute Gasteiger partial charge is 0.524 e. The van der Waals surface area contributed by atoms with E-state index in [1.54, 1.807) is 17.9 Å². The van der Waals surface area contributed by atoms with E-state index < -0.39 is 72.3 Å². The van der Waals surface area contributed by atoms with Gasteiger partial charge in [-0.3, -0.25) is 24.2 Å². The fourth-order valence-corrected chi connectivity index (χ4v) is 7.07. The first-order chi connectivity index (χ1) is 24.1. The van der Waals surface area contributed by atoms with Gasteiger partial charge in [-0.05, 0) is 38.8 Å². The van der Waals surface area contributed by atoms with E-state index in [4.69, 9.17) is 14.1 Å². The summed E-state index contributed by atoms with van der Waals surface area (Å²) in [6.07, 6.45) is 1.42. The van der Waals surface area contributed by atoms with Crippen LogP contribution in [-0.2, 0) is 22.5 Å². The summed E-state index contributed by atoms with van der Waals surface area (Å²) in [5, 5.41) is 6.63. The quantitative estimate of drug-likeness (QED) is 0.287. The molecule has 3 aliphatic heterocycles. The molecule has 0 aliphatic carbocycles. The summed E-state index contributed by atoms with van der Waals surface area (Å²) in [4.78, 5) is 82.7. The number of halogens is 2. The first-order valence-corrected chi connectivity index (χ1v) is 17.4. The Balaban J connectivity index is 1.41. The second-order valence-corrected chi connectivity index (χ2v) is 14.0. The number of carbonyl (C=O) groups is 3. The number of fused-ring (bicyclic) bond motifs is 5. The van der Waals surface area contributed by atoms with E-state index in [-0.39, 0.29) is 41.7 Å². The van der Waals surface area contributed by atoms with Crippen molar-refractivity contribution in [3.05, 3.63) is 92.9 Å². The van der Waals surface area contributed by atoms with E-state index in [9.17, 15) is 42.3 Å². The number of amides is 3. The van der Waals surface area contributed by atoms with Crippen molar-refractivity contribution in [2.24, 2.45) is 5.16 Å². The van der Waals surface area contributed by atoms with Crippen molar-refractivity contribution >= 4 is 31.4 Å². The van der Waals surface area contributed by atoms with Gasteiger partial charge in [0, 0.05) is 56.0 Å². The fourth-order valence-electron chi connectivity index (χ4n) is 6.64. The third-order valence-electron chi connectivity index (χ3n) is 9.22. The predicted octanol–water partition coefficient (Wildman–Crippen LogP) is 3.87. The van der Waals surface area contributed by atoms with Gasteiger partial charge in [0.2, 0.25) is 11.2 Å². The van der Waals surface area contributed by atoms with Crippen LogP contribution in [0.1, 0.15) is 71.1 Å². The van der Waals surface area contributed by atoms with Crippen LogP contribution < -0.4 is 20.0 Å². The Kier molecular flexibility index (Phi) is 9.48. The van der Waals surface area contributed by atoms with Gasteiger partial charge in [-0.1, -0.05) is 29.4 Å². The summed E-state index contributed by atoms with van der Waals surface area (Å²) >= 11 is 0. The van der Waals surface area contributed by atoms with Crippen LogP contribution in [0.5, 0.6) is 11.5 Å². The molecule has 3 aromatic rings. The molecule has 3 N–H and O–H groups in total. The van der Waals surface area contributed by atoms with Crippen LogP contribution in [0.3, 0.4) is 0 Å². The first kappa shape index (κ1) is 35.7. The van der Waals surface area contributed by atoms with Crippen molar-refractivity contribution < 1.29 is 51.6 Å². The molecule has 2 bridgehead atoms. The second kappa shape index (κ2) is 13.5. The molecule has 15 nitrogen and oxygen atoms in total. The third kappa shape index (κ3) is 7.09. The lowest BCUT2D eigenvalue weighted by Crippen LogP contribution is -2.52. The Morgan fingerprint density at radius 2 is 1.92 bits per heavy atom. The lowest BCUT2D eigenvalue weighted by atomic mass is 9.84. The highest BCUT2D eigenvalue weighted by Gasteiger charge is 2.54. The standard InChI is InChI=1S/C33H34F2N5O10P/c1-18-13-33(50-37-18)11-10-19(2)39-17-26(33)40-16-23(30(42)36-14-20-8-9-22(34)12-24(20)35)28(41)29(27(40)31(39)43)48-32(44)38(3)15-21-6-4-5-7-25(21)49-51(45,46)47/h4-9,12,16,19,26H,10-11,13-15,17H2,1-3H3,(H,36,42)(H2,45,46,47)/t19-,26+,33-/m0/s1. The molecule has 4 heterocycles. The molecule has 1 aromatic heterocycles. The van der Waals surface area contributed by atoms with Crippen molar-refractivity contribution in [3.8, 4) is 11.5 Å². The van der Waals surface area contributed by atoms with Crippen LogP contribution in [0.15, 0.2) is 58.6 Å². The average Bonchev–Trinajstić information content (AvgIpc) is 3.39. The van der Waals surface area contributed by atoms with Gasteiger partial charge >= 0.3 is 13.9 Å². The van der Waals surface area contributed by atoms with E-state index in [0.717, 1.165) is 17.0 Å². The Morgan fingerprint density at radius 3 is 2.61 bits per heavy atom. The summed E-state index contributed by atoms with van der Waals surface area (Å²) in [6.45, 7) is 3.03. The maximum Gasteiger partial charge on any atom is 0.524 e. The minimum atomic E-state index is -4.96. The van der Waals surface area contributed by atoms with Crippen LogP contribution in [-0.4, -0.2) is 73.0 Å². The first-order valence-electron chi connectivity index (χ1n) is 15.9. The smallest absolute Gasteiger partial charge is 0.404 e. The maximum absolute atomic E-state index is 14.4. The molecule has 1 spiro atoms. The van der Waals surface area contributed by atoms with Crippen LogP contribution in [0.4, 0.5) is 13.6 Å². The Bertz CT molecular complexity index is 2070. The van der Waals surface area contributed by atoms with Crippen molar-refractivity contribution in [2.45, 2.75) is 63.9 Å². The third-order valence-corrected chi connectivity index (χ3v) is 9.66. The van der Waals surface area contributed by atoms with E-state index in [2.05, 4.69) is 10.5 Å². The molecule has 2 aromatic carbocycles. The summed E-state index contributed by atoms with van der Waals surface area (Å²) < 4.78 is 51.2. The lowest BCUT2D eigenvalue weighted by molar-refractivity contribution is -0.0655. The van der Waals surface area contributed by atoms with Gasteiger partial charge in [0.25, 0.3) is 11.8 Å². The molecule has 3 atom stereocenters. The van der Waals surface area contributed by atoms with Gasteiger partial charge in [0.1, 0.15) is 22.9 Å². The van der Waals surface area contributed by atoms with Crippen LogP contribution in [0.25, 0.3) is 0 Å². The number of rotatable bonds is 8. The van der Waals surface area contributed by atoms with Gasteiger partial charge in [0.05, 0.1) is 18.3 Å². The fraction of sp³-hybridized carbons (Fsp3) is 0.364. The number of phosphoric ester groups is 1. The van der Waals surface area contributed by atoms with Gasteiger partial charge < -0.3 is 33.8 Å². The average molecular weight is 730 g/mol. The molecule has 6 rings (SSSR count). The zero-order chi connectivity index (χ0) is 36.8. The number of para-hydroxylation sites is 1. The van der Waals surface area contributed by atoms with E-state index >= 15 is 0 Å². The predicted molar refractivity (Wildman–Crippen MR) is 175 cm³/mol. The summed E-state index contributed by atoms with van der Waals surface area (Å²) in [7, 11) is -3.68. The number of hydrogen-bond acceptors (Lipinski definition) is 9. The zero-order valence-electron chi connectivity index (χ0n) is 27.7. The molecule has 1 fully saturated rings. The number of phosphoric acid groups is 1. The van der Waals surface area contributed by atoms with Crippen molar-refractivity contribution in [1.82, 2.24) is 19.7 Å². The molecule has 0 radical (unpaired) electrons. The molecule has 3 amide bonds. The minimum Gasteiger partial charge on any atom is -0.404 e. The van der Waals surface area contributed by atoms with E-state index in [1.165, 1.54) is 36.0 Å². The molecule has 3 aliphatic rings. The summed E-state index contributed by atoms with van der Waals surface area (Å²) in [5.74, 6) is -4.31.